The van der Waals surface area contributed by atoms with E-state index < -0.39 is 5.56 Å². The average molecular weight is 424 g/mol. The maximum Gasteiger partial charge on any atom is 0.269 e. The summed E-state index contributed by atoms with van der Waals surface area (Å²) >= 11 is 0. The van der Waals surface area contributed by atoms with Gasteiger partial charge in [0.2, 0.25) is 11.1 Å². The van der Waals surface area contributed by atoms with Gasteiger partial charge in [0.25, 0.3) is 5.56 Å². The first-order valence-electron chi connectivity index (χ1n) is 10.3. The summed E-state index contributed by atoms with van der Waals surface area (Å²) in [6.07, 6.45) is 0.621. The van der Waals surface area contributed by atoms with E-state index in [0.717, 1.165) is 11.1 Å². The maximum absolute atomic E-state index is 13.6. The molecule has 0 aliphatic rings. The van der Waals surface area contributed by atoms with Crippen molar-refractivity contribution in [2.24, 2.45) is 0 Å². The summed E-state index contributed by atoms with van der Waals surface area (Å²) in [6.45, 7) is 0.374. The van der Waals surface area contributed by atoms with Gasteiger partial charge in [-0.2, -0.15) is 4.98 Å². The Kier molecular flexibility index (Phi) is 5.03. The number of aromatic nitrogens is 2. The van der Waals surface area contributed by atoms with Gasteiger partial charge in [-0.1, -0.05) is 42.5 Å². The van der Waals surface area contributed by atoms with E-state index in [-0.39, 0.29) is 16.5 Å². The molecule has 0 saturated heterocycles. The summed E-state index contributed by atoms with van der Waals surface area (Å²) in [7, 11) is 1.60. The molecule has 5 aromatic rings. The van der Waals surface area contributed by atoms with Crippen molar-refractivity contribution < 1.29 is 9.15 Å². The third-order valence-electron chi connectivity index (χ3n) is 5.52. The Labute approximate surface area is 183 Å². The van der Waals surface area contributed by atoms with Crippen molar-refractivity contribution in [3.63, 3.8) is 0 Å². The van der Waals surface area contributed by atoms with Gasteiger partial charge in [-0.05, 0) is 48.4 Å². The van der Waals surface area contributed by atoms with Crippen molar-refractivity contribution in [2.75, 3.05) is 7.11 Å². The third-order valence-corrected chi connectivity index (χ3v) is 5.52. The van der Waals surface area contributed by atoms with Gasteiger partial charge >= 0.3 is 0 Å². The Morgan fingerprint density at radius 3 is 2.38 bits per heavy atom. The number of methoxy groups -OCH3 is 1. The van der Waals surface area contributed by atoms with Crippen LogP contribution < -0.4 is 15.7 Å². The van der Waals surface area contributed by atoms with Crippen molar-refractivity contribution in [3.8, 4) is 17.1 Å². The zero-order chi connectivity index (χ0) is 22.1. The molecule has 0 spiro atoms. The lowest BCUT2D eigenvalue weighted by Crippen LogP contribution is -2.28. The van der Waals surface area contributed by atoms with Crippen LogP contribution in [0.3, 0.4) is 0 Å². The fourth-order valence-electron chi connectivity index (χ4n) is 3.84. The third kappa shape index (κ3) is 3.46. The number of fused-ring (bicyclic) bond motifs is 2. The minimum absolute atomic E-state index is 0.0333. The molecular formula is C26H20N2O4. The van der Waals surface area contributed by atoms with Gasteiger partial charge in [-0.3, -0.25) is 14.2 Å². The van der Waals surface area contributed by atoms with E-state index in [9.17, 15) is 9.59 Å². The zero-order valence-corrected chi connectivity index (χ0v) is 17.4. The molecule has 2 heterocycles. The molecular weight excluding hydrogens is 404 g/mol. The molecule has 6 nitrogen and oxygen atoms in total. The molecule has 158 valence electrons. The Morgan fingerprint density at radius 2 is 1.62 bits per heavy atom. The van der Waals surface area contributed by atoms with Gasteiger partial charge in [0.15, 0.2) is 5.39 Å². The number of para-hydroxylation sites is 1. The predicted octanol–water partition coefficient (Wildman–Crippen LogP) is 4.42. The molecule has 0 radical (unpaired) electrons. The summed E-state index contributed by atoms with van der Waals surface area (Å²) in [5, 5.41) is 0.333. The molecule has 0 amide bonds. The van der Waals surface area contributed by atoms with Gasteiger partial charge in [0, 0.05) is 12.1 Å². The smallest absolute Gasteiger partial charge is 0.269 e. The lowest BCUT2D eigenvalue weighted by atomic mass is 10.1. The molecule has 2 aromatic heterocycles. The van der Waals surface area contributed by atoms with Crippen molar-refractivity contribution >= 4 is 22.1 Å². The topological polar surface area (TPSA) is 74.3 Å². The van der Waals surface area contributed by atoms with E-state index in [1.54, 1.807) is 35.9 Å². The number of hydrogen-bond acceptors (Lipinski definition) is 5. The lowest BCUT2D eigenvalue weighted by Gasteiger charge is -2.14. The molecule has 0 fully saturated rings. The highest BCUT2D eigenvalue weighted by Gasteiger charge is 2.19. The fourth-order valence-corrected chi connectivity index (χ4v) is 3.84. The van der Waals surface area contributed by atoms with Crippen LogP contribution >= 0.6 is 0 Å². The van der Waals surface area contributed by atoms with Crippen LogP contribution in [0.15, 0.2) is 92.9 Å². The van der Waals surface area contributed by atoms with Crippen molar-refractivity contribution in [3.05, 3.63) is 105 Å². The summed E-state index contributed by atoms with van der Waals surface area (Å²) in [4.78, 5) is 31.3. The predicted molar refractivity (Wildman–Crippen MR) is 124 cm³/mol. The highest BCUT2D eigenvalue weighted by molar-refractivity contribution is 5.88. The van der Waals surface area contributed by atoms with Crippen LogP contribution in [0, 0.1) is 0 Å². The van der Waals surface area contributed by atoms with Crippen LogP contribution in [-0.4, -0.2) is 16.7 Å². The second-order valence-corrected chi connectivity index (χ2v) is 7.46. The first-order valence-corrected chi connectivity index (χ1v) is 10.3. The zero-order valence-electron chi connectivity index (χ0n) is 17.4. The minimum atomic E-state index is -0.406. The monoisotopic (exact) mass is 424 g/mol. The molecule has 0 aliphatic carbocycles. The summed E-state index contributed by atoms with van der Waals surface area (Å²) in [5.41, 5.74) is 1.49. The Hall–Kier alpha value is -4.19. The highest BCUT2D eigenvalue weighted by atomic mass is 16.5. The molecule has 0 atom stereocenters. The van der Waals surface area contributed by atoms with Crippen molar-refractivity contribution in [1.29, 1.82) is 0 Å². The number of rotatable bonds is 5. The molecule has 0 N–H and O–H groups in total. The first-order chi connectivity index (χ1) is 15.7. The van der Waals surface area contributed by atoms with E-state index >= 15 is 0 Å². The van der Waals surface area contributed by atoms with Crippen LogP contribution in [-0.2, 0) is 13.0 Å². The van der Waals surface area contributed by atoms with E-state index in [0.29, 0.717) is 35.5 Å². The SMILES string of the molecule is COc1ccc(-c2nc3oc4ccccc4c(=O)c3c(=O)n2CCc2ccccc2)cc1. The second-order valence-electron chi connectivity index (χ2n) is 7.46. The van der Waals surface area contributed by atoms with E-state index in [2.05, 4.69) is 4.98 Å². The molecule has 3 aromatic carbocycles. The maximum atomic E-state index is 13.6. The molecule has 0 aliphatic heterocycles. The summed E-state index contributed by atoms with van der Waals surface area (Å²) < 4.78 is 12.7. The Morgan fingerprint density at radius 1 is 0.906 bits per heavy atom. The minimum Gasteiger partial charge on any atom is -0.497 e. The standard InChI is InChI=1S/C26H20N2O4/c1-31-19-13-11-18(12-14-19)24-27-25-22(23(29)20-9-5-6-10-21(20)32-25)26(30)28(24)16-15-17-7-3-2-4-8-17/h2-14H,15-16H2,1H3. The molecule has 0 saturated carbocycles. The van der Waals surface area contributed by atoms with Crippen molar-refractivity contribution in [2.45, 2.75) is 13.0 Å². The Bertz CT molecular complexity index is 1530. The Balaban J connectivity index is 1.75. The van der Waals surface area contributed by atoms with E-state index in [1.807, 2.05) is 54.6 Å². The van der Waals surface area contributed by atoms with Crippen molar-refractivity contribution in [1.82, 2.24) is 9.55 Å². The quantitative estimate of drug-likeness (QED) is 0.391. The second kappa shape index (κ2) is 8.15. The normalized spacial score (nSPS) is 11.2. The molecule has 0 unspecified atom stereocenters. The lowest BCUT2D eigenvalue weighted by molar-refractivity contribution is 0.415. The largest absolute Gasteiger partial charge is 0.497 e. The average Bonchev–Trinajstić information content (AvgIpc) is 2.84. The fraction of sp³-hybridized carbons (Fsp3) is 0.115. The molecule has 5 rings (SSSR count). The van der Waals surface area contributed by atoms with Gasteiger partial charge in [-0.15, -0.1) is 0 Å². The first kappa shape index (κ1) is 19.8. The number of nitrogens with zero attached hydrogens (tertiary/aromatic N) is 2. The van der Waals surface area contributed by atoms with Crippen LogP contribution in [0.5, 0.6) is 5.75 Å². The number of ether oxygens (including phenoxy) is 1. The number of hydrogen-bond donors (Lipinski definition) is 0. The molecule has 32 heavy (non-hydrogen) atoms. The van der Waals surface area contributed by atoms with E-state index in [1.165, 1.54) is 0 Å². The van der Waals surface area contributed by atoms with Crippen LogP contribution in [0.4, 0.5) is 0 Å². The van der Waals surface area contributed by atoms with E-state index in [4.69, 9.17) is 9.15 Å². The van der Waals surface area contributed by atoms with Crippen LogP contribution in [0.25, 0.3) is 33.5 Å². The van der Waals surface area contributed by atoms with Crippen LogP contribution in [0.2, 0.25) is 0 Å². The highest BCUT2D eigenvalue weighted by Crippen LogP contribution is 2.23. The van der Waals surface area contributed by atoms with Gasteiger partial charge < -0.3 is 9.15 Å². The molecule has 6 heteroatoms. The molecule has 0 bridgehead atoms. The van der Waals surface area contributed by atoms with Gasteiger partial charge in [0.05, 0.1) is 12.5 Å². The van der Waals surface area contributed by atoms with Gasteiger partial charge in [0.1, 0.15) is 17.2 Å². The summed E-state index contributed by atoms with van der Waals surface area (Å²) in [6, 6.07) is 24.1. The number of benzene rings is 3. The summed E-state index contributed by atoms with van der Waals surface area (Å²) in [5.74, 6) is 1.14. The number of aryl methyl sites for hydroxylation is 1. The van der Waals surface area contributed by atoms with Gasteiger partial charge in [-0.25, -0.2) is 0 Å². The van der Waals surface area contributed by atoms with Crippen LogP contribution in [0.1, 0.15) is 5.56 Å².